The number of benzene rings is 1. The normalized spacial score (nSPS) is 25.7. The fraction of sp³-hybridized carbons (Fsp3) is 0.692. The second-order valence-electron chi connectivity index (χ2n) is 10.4. The highest BCUT2D eigenvalue weighted by molar-refractivity contribution is 5.93. The third kappa shape index (κ3) is 5.63. The molecule has 1 N–H and O–H groups in total. The molecule has 2 heterocycles. The van der Waals surface area contributed by atoms with E-state index in [1.807, 2.05) is 30.3 Å². The van der Waals surface area contributed by atoms with Crippen LogP contribution in [-0.4, -0.2) is 91.5 Å². The number of carbonyl (C=O) groups excluding carboxylic acids is 2. The van der Waals surface area contributed by atoms with Crippen molar-refractivity contribution in [3.8, 4) is 0 Å². The molecule has 0 spiro atoms. The molecule has 196 valence electrons. The molecule has 2 aliphatic rings. The lowest BCUT2D eigenvalue weighted by molar-refractivity contribution is -0.166. The molecule has 1 aromatic rings. The van der Waals surface area contributed by atoms with Crippen LogP contribution in [0.15, 0.2) is 30.3 Å². The third-order valence-corrected chi connectivity index (χ3v) is 7.02. The molecular weight excluding hydrogens is 452 g/mol. The Kier molecular flexibility index (Phi) is 8.80. The molecule has 0 unspecified atom stereocenters. The number of piperidine rings is 1. The summed E-state index contributed by atoms with van der Waals surface area (Å²) in [5, 5.41) is 11.5. The Morgan fingerprint density at radius 3 is 2.40 bits per heavy atom. The van der Waals surface area contributed by atoms with Crippen LogP contribution in [0.4, 0.5) is 4.79 Å². The average Bonchev–Trinajstić information content (AvgIpc) is 3.15. The zero-order valence-corrected chi connectivity index (χ0v) is 21.7. The minimum absolute atomic E-state index is 0.0918. The number of ether oxygens (including phenoxy) is 4. The smallest absolute Gasteiger partial charge is 0.411 e. The monoisotopic (exact) mass is 492 g/mol. The Hall–Kier alpha value is -2.20. The van der Waals surface area contributed by atoms with E-state index < -0.39 is 29.6 Å². The van der Waals surface area contributed by atoms with Crippen LogP contribution in [0.3, 0.4) is 0 Å². The number of likely N-dealkylation sites (tertiary alicyclic amines) is 2. The second kappa shape index (κ2) is 11.2. The van der Waals surface area contributed by atoms with Crippen molar-refractivity contribution >= 4 is 12.0 Å². The second-order valence-corrected chi connectivity index (χ2v) is 10.4. The van der Waals surface area contributed by atoms with Gasteiger partial charge in [-0.15, -0.1) is 0 Å². The molecule has 2 amide bonds. The Balaban J connectivity index is 2.06. The van der Waals surface area contributed by atoms with E-state index in [1.54, 1.807) is 39.9 Å². The number of aliphatic hydroxyl groups excluding tert-OH is 1. The number of aliphatic hydroxyl groups is 1. The summed E-state index contributed by atoms with van der Waals surface area (Å²) in [5.41, 5.74) is -1.30. The number of nitrogens with zero attached hydrogens (tertiary/aromatic N) is 2. The summed E-state index contributed by atoms with van der Waals surface area (Å²) < 4.78 is 21.9. The Morgan fingerprint density at radius 1 is 1.17 bits per heavy atom. The minimum Gasteiger partial charge on any atom is -0.444 e. The summed E-state index contributed by atoms with van der Waals surface area (Å²) in [6.07, 6.45) is -1.26. The van der Waals surface area contributed by atoms with Gasteiger partial charge in [0.1, 0.15) is 11.7 Å². The van der Waals surface area contributed by atoms with Crippen molar-refractivity contribution in [1.29, 1.82) is 0 Å². The highest BCUT2D eigenvalue weighted by Crippen LogP contribution is 2.49. The van der Waals surface area contributed by atoms with Crippen molar-refractivity contribution in [2.24, 2.45) is 11.8 Å². The van der Waals surface area contributed by atoms with E-state index in [-0.39, 0.29) is 30.9 Å². The number of fused-ring (bicyclic) bond motifs is 1. The molecule has 9 nitrogen and oxygen atoms in total. The predicted molar refractivity (Wildman–Crippen MR) is 129 cm³/mol. The first kappa shape index (κ1) is 27.4. The molecule has 2 saturated heterocycles. The molecule has 9 heteroatoms. The molecule has 0 aliphatic carbocycles. The largest absolute Gasteiger partial charge is 0.444 e. The third-order valence-electron chi connectivity index (χ3n) is 7.02. The number of hydrogen-bond donors (Lipinski definition) is 1. The van der Waals surface area contributed by atoms with Crippen molar-refractivity contribution in [2.75, 3.05) is 41.0 Å². The van der Waals surface area contributed by atoms with E-state index >= 15 is 0 Å². The zero-order chi connectivity index (χ0) is 25.8. The summed E-state index contributed by atoms with van der Waals surface area (Å²) in [6.45, 7) is 6.40. The Morgan fingerprint density at radius 2 is 1.83 bits per heavy atom. The SMILES string of the molecule is COC[C@H](O)[C@@]12C(=O)N(Cc3ccccc3)CC[C@@H]1[C@H](CC(OC)OC)CN2C(=O)OC(C)(C)C. The highest BCUT2D eigenvalue weighted by Gasteiger charge is 2.67. The maximum atomic E-state index is 14.3. The van der Waals surface area contributed by atoms with Crippen LogP contribution in [0.25, 0.3) is 0 Å². The van der Waals surface area contributed by atoms with Gasteiger partial charge < -0.3 is 29.0 Å². The van der Waals surface area contributed by atoms with Crippen LogP contribution in [0, 0.1) is 11.8 Å². The number of amides is 2. The first-order valence-corrected chi connectivity index (χ1v) is 12.1. The van der Waals surface area contributed by atoms with Crippen LogP contribution in [0.1, 0.15) is 39.2 Å². The molecule has 0 radical (unpaired) electrons. The molecule has 0 aromatic heterocycles. The molecular formula is C26H40N2O7. The maximum Gasteiger partial charge on any atom is 0.411 e. The number of rotatable bonds is 9. The van der Waals surface area contributed by atoms with Crippen molar-refractivity contribution in [3.63, 3.8) is 0 Å². The maximum absolute atomic E-state index is 14.3. The topological polar surface area (TPSA) is 97.8 Å². The fourth-order valence-corrected chi connectivity index (χ4v) is 5.58. The molecule has 1 aromatic carbocycles. The van der Waals surface area contributed by atoms with Gasteiger partial charge in [-0.2, -0.15) is 0 Å². The van der Waals surface area contributed by atoms with Gasteiger partial charge in [0.2, 0.25) is 0 Å². The van der Waals surface area contributed by atoms with Gasteiger partial charge in [-0.1, -0.05) is 30.3 Å². The van der Waals surface area contributed by atoms with Gasteiger partial charge in [-0.05, 0) is 38.7 Å². The first-order valence-electron chi connectivity index (χ1n) is 12.1. The van der Waals surface area contributed by atoms with Gasteiger partial charge in [0, 0.05) is 53.3 Å². The molecule has 2 fully saturated rings. The van der Waals surface area contributed by atoms with Crippen LogP contribution < -0.4 is 0 Å². The fourth-order valence-electron chi connectivity index (χ4n) is 5.58. The Labute approximate surface area is 208 Å². The highest BCUT2D eigenvalue weighted by atomic mass is 16.7. The van der Waals surface area contributed by atoms with Crippen molar-refractivity contribution in [2.45, 2.75) is 63.7 Å². The van der Waals surface area contributed by atoms with Crippen LogP contribution in [-0.2, 0) is 30.3 Å². The van der Waals surface area contributed by atoms with Crippen LogP contribution >= 0.6 is 0 Å². The van der Waals surface area contributed by atoms with E-state index in [2.05, 4.69) is 0 Å². The lowest BCUT2D eigenvalue weighted by Gasteiger charge is -2.50. The Bertz CT molecular complexity index is 855. The van der Waals surface area contributed by atoms with Gasteiger partial charge >= 0.3 is 6.09 Å². The summed E-state index contributed by atoms with van der Waals surface area (Å²) in [7, 11) is 4.60. The van der Waals surface area contributed by atoms with E-state index in [9.17, 15) is 14.7 Å². The average molecular weight is 493 g/mol. The first-order chi connectivity index (χ1) is 16.6. The lowest BCUT2D eigenvalue weighted by Crippen LogP contribution is -2.71. The number of hydrogen-bond acceptors (Lipinski definition) is 7. The van der Waals surface area contributed by atoms with Crippen LogP contribution in [0.2, 0.25) is 0 Å². The molecule has 4 atom stereocenters. The van der Waals surface area contributed by atoms with Gasteiger partial charge in [-0.3, -0.25) is 9.69 Å². The summed E-state index contributed by atoms with van der Waals surface area (Å²) in [4.78, 5) is 31.0. The summed E-state index contributed by atoms with van der Waals surface area (Å²) in [5.74, 6) is -0.740. The van der Waals surface area contributed by atoms with Crippen molar-refractivity contribution < 1.29 is 33.6 Å². The van der Waals surface area contributed by atoms with E-state index in [0.717, 1.165) is 5.56 Å². The van der Waals surface area contributed by atoms with Crippen LogP contribution in [0.5, 0.6) is 0 Å². The van der Waals surface area contributed by atoms with E-state index in [0.29, 0.717) is 25.9 Å². The van der Waals surface area contributed by atoms with Crippen molar-refractivity contribution in [3.05, 3.63) is 35.9 Å². The predicted octanol–water partition coefficient (Wildman–Crippen LogP) is 2.66. The molecule has 0 saturated carbocycles. The molecule has 35 heavy (non-hydrogen) atoms. The zero-order valence-electron chi connectivity index (χ0n) is 21.7. The van der Waals surface area contributed by atoms with Gasteiger partial charge in [-0.25, -0.2) is 4.79 Å². The minimum atomic E-state index is -1.51. The molecule has 3 rings (SSSR count). The van der Waals surface area contributed by atoms with E-state index in [1.165, 1.54) is 12.0 Å². The molecule has 0 bridgehead atoms. The number of carbonyl (C=O) groups is 2. The van der Waals surface area contributed by atoms with Crippen molar-refractivity contribution in [1.82, 2.24) is 9.80 Å². The quantitative estimate of drug-likeness (QED) is 0.529. The lowest BCUT2D eigenvalue weighted by atomic mass is 9.70. The summed E-state index contributed by atoms with van der Waals surface area (Å²) >= 11 is 0. The standard InChI is InChI=1S/C26H40N2O7/c1-25(2,3)35-24(31)28-16-19(14-22(33-5)34-6)20-12-13-27(15-18-10-8-7-9-11-18)23(30)26(20,28)21(29)17-32-4/h7-11,19-22,29H,12-17H2,1-6H3/t19-,20-,21+,26-/m1/s1. The van der Waals surface area contributed by atoms with E-state index in [4.69, 9.17) is 18.9 Å². The van der Waals surface area contributed by atoms with Gasteiger partial charge in [0.15, 0.2) is 11.8 Å². The molecule has 2 aliphatic heterocycles. The van der Waals surface area contributed by atoms with Gasteiger partial charge in [0.25, 0.3) is 5.91 Å². The van der Waals surface area contributed by atoms with Gasteiger partial charge in [0.05, 0.1) is 6.61 Å². The summed E-state index contributed by atoms with van der Waals surface area (Å²) in [6, 6.07) is 9.70. The number of methoxy groups -OCH3 is 3.